The number of rotatable bonds is 3. The van der Waals surface area contributed by atoms with Gasteiger partial charge in [0.2, 0.25) is 0 Å². The van der Waals surface area contributed by atoms with E-state index in [4.69, 9.17) is 21.3 Å². The van der Waals surface area contributed by atoms with Crippen LogP contribution in [-0.4, -0.2) is 26.9 Å². The summed E-state index contributed by atoms with van der Waals surface area (Å²) >= 11 is 0. The normalized spacial score (nSPS) is 11.2. The van der Waals surface area contributed by atoms with Gasteiger partial charge in [-0.3, -0.25) is 0 Å². The number of nitrogen functional groups attached to an aromatic ring is 2. The molecule has 3 aromatic carbocycles. The number of methoxy groups -OCH3 is 1. The molecule has 0 amide bonds. The highest BCUT2D eigenvalue weighted by atomic mass is 16.5. The fraction of sp³-hybridized carbons (Fsp3) is 0.0455. The van der Waals surface area contributed by atoms with Gasteiger partial charge in [0.15, 0.2) is 11.5 Å². The first kappa shape index (κ1) is 17.0. The van der Waals surface area contributed by atoms with E-state index in [1.165, 1.54) is 0 Å². The minimum absolute atomic E-state index is 0.607. The molecule has 7 nitrogen and oxygen atoms in total. The van der Waals surface area contributed by atoms with Crippen LogP contribution < -0.4 is 16.2 Å². The van der Waals surface area contributed by atoms with Crippen LogP contribution in [-0.2, 0) is 0 Å². The summed E-state index contributed by atoms with van der Waals surface area (Å²) in [6.45, 7) is 0. The van der Waals surface area contributed by atoms with E-state index in [1.54, 1.807) is 23.8 Å². The maximum Gasteiger partial charge on any atom is 0.186 e. The molecular formula is C22H18N6O. The van der Waals surface area contributed by atoms with Crippen LogP contribution in [0.1, 0.15) is 0 Å². The fourth-order valence-corrected chi connectivity index (χ4v) is 3.48. The number of hydrogen-bond acceptors (Lipinski definition) is 6. The van der Waals surface area contributed by atoms with Crippen LogP contribution in [0.15, 0.2) is 66.7 Å². The van der Waals surface area contributed by atoms with Gasteiger partial charge in [-0.05, 0) is 42.5 Å². The van der Waals surface area contributed by atoms with Crippen LogP contribution in [0, 0.1) is 0 Å². The Morgan fingerprint density at radius 1 is 0.862 bits per heavy atom. The number of nitrogens with two attached hydrogens (primary N) is 2. The number of fused-ring (bicyclic) bond motifs is 3. The van der Waals surface area contributed by atoms with E-state index in [9.17, 15) is 0 Å². The molecule has 0 saturated carbocycles. The summed E-state index contributed by atoms with van der Waals surface area (Å²) in [6.07, 6.45) is 0. The minimum Gasteiger partial charge on any atom is -0.497 e. The summed E-state index contributed by atoms with van der Waals surface area (Å²) in [4.78, 5) is 0. The number of anilines is 2. The van der Waals surface area contributed by atoms with E-state index >= 15 is 0 Å². The van der Waals surface area contributed by atoms with E-state index in [2.05, 4.69) is 10.2 Å². The van der Waals surface area contributed by atoms with Gasteiger partial charge in [0.25, 0.3) is 0 Å². The zero-order valence-electron chi connectivity index (χ0n) is 15.7. The molecule has 7 heteroatoms. The number of nitrogens with zero attached hydrogens (tertiary/aromatic N) is 4. The highest BCUT2D eigenvalue weighted by Gasteiger charge is 2.17. The summed E-state index contributed by atoms with van der Waals surface area (Å²) < 4.78 is 7.00. The summed E-state index contributed by atoms with van der Waals surface area (Å²) in [5.41, 5.74) is 16.6. The molecule has 29 heavy (non-hydrogen) atoms. The van der Waals surface area contributed by atoms with Crippen molar-refractivity contribution in [2.24, 2.45) is 0 Å². The first-order chi connectivity index (χ1) is 14.2. The Hall–Kier alpha value is -4.13. The molecule has 0 atom stereocenters. The Bertz CT molecular complexity index is 1360. The molecule has 142 valence electrons. The van der Waals surface area contributed by atoms with Gasteiger partial charge in [0.05, 0.1) is 7.11 Å². The van der Waals surface area contributed by atoms with Gasteiger partial charge in [-0.15, -0.1) is 10.2 Å². The second-order valence-electron chi connectivity index (χ2n) is 6.73. The van der Waals surface area contributed by atoms with Crippen LogP contribution in [0.25, 0.3) is 39.1 Å². The molecule has 4 N–H and O–H groups in total. The molecule has 0 radical (unpaired) electrons. The van der Waals surface area contributed by atoms with Crippen molar-refractivity contribution >= 4 is 27.8 Å². The molecule has 0 unspecified atom stereocenters. The highest BCUT2D eigenvalue weighted by Crippen LogP contribution is 2.34. The summed E-state index contributed by atoms with van der Waals surface area (Å²) in [5.74, 6) is 1.41. The van der Waals surface area contributed by atoms with Crippen molar-refractivity contribution in [2.75, 3.05) is 18.6 Å². The van der Waals surface area contributed by atoms with Crippen molar-refractivity contribution in [3.05, 3.63) is 66.7 Å². The van der Waals surface area contributed by atoms with Crippen LogP contribution in [0.3, 0.4) is 0 Å². The SMILES string of the molecule is COc1ccc(-c2nnc3c4ccccc4c(-c4cc(N)ccc4N)nn23)cc1. The van der Waals surface area contributed by atoms with Gasteiger partial charge in [-0.1, -0.05) is 24.3 Å². The van der Waals surface area contributed by atoms with Crippen LogP contribution in [0.5, 0.6) is 5.75 Å². The van der Waals surface area contributed by atoms with Crippen molar-refractivity contribution in [3.63, 3.8) is 0 Å². The predicted molar refractivity (Wildman–Crippen MR) is 115 cm³/mol. The average molecular weight is 382 g/mol. The van der Waals surface area contributed by atoms with Crippen LogP contribution in [0.4, 0.5) is 11.4 Å². The lowest BCUT2D eigenvalue weighted by Crippen LogP contribution is -2.02. The molecule has 0 aliphatic carbocycles. The first-order valence-electron chi connectivity index (χ1n) is 9.09. The lowest BCUT2D eigenvalue weighted by molar-refractivity contribution is 0.415. The second-order valence-corrected chi connectivity index (χ2v) is 6.73. The number of benzene rings is 3. The number of hydrogen-bond donors (Lipinski definition) is 2. The lowest BCUT2D eigenvalue weighted by Gasteiger charge is -2.11. The first-order valence-corrected chi connectivity index (χ1v) is 9.09. The van der Waals surface area contributed by atoms with E-state index in [-0.39, 0.29) is 0 Å². The van der Waals surface area contributed by atoms with Gasteiger partial charge in [-0.25, -0.2) is 0 Å². The van der Waals surface area contributed by atoms with Crippen molar-refractivity contribution in [1.29, 1.82) is 0 Å². The van der Waals surface area contributed by atoms with Gasteiger partial charge in [0, 0.05) is 33.3 Å². The third-order valence-corrected chi connectivity index (χ3v) is 4.94. The van der Waals surface area contributed by atoms with Gasteiger partial charge >= 0.3 is 0 Å². The van der Waals surface area contributed by atoms with E-state index < -0.39 is 0 Å². The Morgan fingerprint density at radius 2 is 1.62 bits per heavy atom. The predicted octanol–water partition coefficient (Wildman–Crippen LogP) is 3.78. The van der Waals surface area contributed by atoms with Crippen LogP contribution in [0.2, 0.25) is 0 Å². The molecule has 2 heterocycles. The largest absolute Gasteiger partial charge is 0.497 e. The smallest absolute Gasteiger partial charge is 0.186 e. The molecule has 2 aromatic heterocycles. The van der Waals surface area contributed by atoms with Crippen molar-refractivity contribution in [1.82, 2.24) is 19.8 Å². The maximum atomic E-state index is 6.26. The summed E-state index contributed by atoms with van der Waals surface area (Å²) in [7, 11) is 1.64. The average Bonchev–Trinajstić information content (AvgIpc) is 3.19. The molecule has 0 aliphatic rings. The Morgan fingerprint density at radius 3 is 2.38 bits per heavy atom. The standard InChI is InChI=1S/C22H18N6O/c1-29-15-9-6-13(7-10-15)21-25-26-22-17-5-3-2-4-16(17)20(27-28(21)22)18-12-14(23)8-11-19(18)24/h2-12H,23-24H2,1H3. The topological polar surface area (TPSA) is 104 Å². The quantitative estimate of drug-likeness (QED) is 0.460. The van der Waals surface area contributed by atoms with Gasteiger partial charge in [0.1, 0.15) is 11.4 Å². The van der Waals surface area contributed by atoms with Crippen molar-refractivity contribution in [2.45, 2.75) is 0 Å². The molecule has 0 saturated heterocycles. The Labute approximate surface area is 166 Å². The molecule has 5 aromatic rings. The number of ether oxygens (including phenoxy) is 1. The third kappa shape index (κ3) is 2.71. The minimum atomic E-state index is 0.607. The van der Waals surface area contributed by atoms with Gasteiger partial charge < -0.3 is 16.2 Å². The second kappa shape index (κ2) is 6.49. The molecule has 0 spiro atoms. The molecule has 0 bridgehead atoms. The van der Waals surface area contributed by atoms with Gasteiger partial charge in [-0.2, -0.15) is 9.61 Å². The van der Waals surface area contributed by atoms with E-state index in [1.807, 2.05) is 54.6 Å². The van der Waals surface area contributed by atoms with Crippen LogP contribution >= 0.6 is 0 Å². The monoisotopic (exact) mass is 382 g/mol. The maximum absolute atomic E-state index is 6.26. The Balaban J connectivity index is 1.83. The summed E-state index contributed by atoms with van der Waals surface area (Å²) in [5, 5.41) is 15.6. The molecular weight excluding hydrogens is 364 g/mol. The molecule has 0 fully saturated rings. The summed E-state index contributed by atoms with van der Waals surface area (Å²) in [6, 6.07) is 21.0. The van der Waals surface area contributed by atoms with E-state index in [0.717, 1.165) is 33.3 Å². The van der Waals surface area contributed by atoms with Crippen molar-refractivity contribution in [3.8, 4) is 28.4 Å². The molecule has 5 rings (SSSR count). The molecule has 0 aliphatic heterocycles. The third-order valence-electron chi connectivity index (χ3n) is 4.94. The lowest BCUT2D eigenvalue weighted by atomic mass is 10.0. The zero-order chi connectivity index (χ0) is 20.0. The van der Waals surface area contributed by atoms with Crippen molar-refractivity contribution < 1.29 is 4.74 Å². The Kier molecular flexibility index (Phi) is 3.80. The van der Waals surface area contributed by atoms with E-state index in [0.29, 0.717) is 22.8 Å². The highest BCUT2D eigenvalue weighted by molar-refractivity contribution is 6.03. The fourth-order valence-electron chi connectivity index (χ4n) is 3.48. The zero-order valence-corrected chi connectivity index (χ0v) is 15.7. The number of aromatic nitrogens is 4.